The smallest absolute Gasteiger partial charge is 0.311 e. The molecule has 2 aromatic carbocycles. The van der Waals surface area contributed by atoms with Crippen molar-refractivity contribution in [2.24, 2.45) is 0 Å². The van der Waals surface area contributed by atoms with Gasteiger partial charge in [-0.25, -0.2) is 0 Å². The highest BCUT2D eigenvalue weighted by Gasteiger charge is 2.22. The van der Waals surface area contributed by atoms with Gasteiger partial charge in [0.2, 0.25) is 0 Å². The number of carbonyl (C=O) groups is 1. The van der Waals surface area contributed by atoms with Crippen LogP contribution in [0, 0.1) is 0 Å². The highest BCUT2D eigenvalue weighted by Crippen LogP contribution is 2.32. The fourth-order valence-corrected chi connectivity index (χ4v) is 2.79. The number of rotatable bonds is 5. The predicted molar refractivity (Wildman–Crippen MR) is 78.8 cm³/mol. The van der Waals surface area contributed by atoms with Gasteiger partial charge in [-0.1, -0.05) is 36.4 Å². The maximum atomic E-state index is 11.6. The van der Waals surface area contributed by atoms with Crippen LogP contribution in [0.5, 0.6) is 5.75 Å². The molecule has 0 aliphatic rings. The number of hydrogen-bond acceptors (Lipinski definition) is 4. The molecule has 0 saturated heterocycles. The Labute approximate surface area is 122 Å². The molecule has 21 heavy (non-hydrogen) atoms. The molecule has 0 radical (unpaired) electrons. The Morgan fingerprint density at radius 1 is 1.24 bits per heavy atom. The van der Waals surface area contributed by atoms with Crippen molar-refractivity contribution in [1.29, 1.82) is 0 Å². The van der Waals surface area contributed by atoms with Crippen molar-refractivity contribution < 1.29 is 22.5 Å². The summed E-state index contributed by atoms with van der Waals surface area (Å²) in [5.41, 5.74) is 0. The molecule has 110 valence electrons. The van der Waals surface area contributed by atoms with Crippen molar-refractivity contribution in [3.8, 4) is 5.75 Å². The Kier molecular flexibility index (Phi) is 4.40. The fraction of sp³-hybridized carbons (Fsp3) is 0.133. The molecule has 0 bridgehead atoms. The Morgan fingerprint density at radius 2 is 1.95 bits per heavy atom. The van der Waals surface area contributed by atoms with Crippen molar-refractivity contribution in [2.75, 3.05) is 0 Å². The van der Waals surface area contributed by atoms with Gasteiger partial charge in [-0.15, -0.1) is 6.58 Å². The second kappa shape index (κ2) is 6.07. The van der Waals surface area contributed by atoms with Gasteiger partial charge in [0.15, 0.2) is 5.75 Å². The molecule has 0 unspecified atom stereocenters. The van der Waals surface area contributed by atoms with Gasteiger partial charge in [0.25, 0.3) is 10.1 Å². The van der Waals surface area contributed by atoms with Crippen LogP contribution >= 0.6 is 0 Å². The van der Waals surface area contributed by atoms with Crippen LogP contribution in [0.4, 0.5) is 0 Å². The summed E-state index contributed by atoms with van der Waals surface area (Å²) in [4.78, 5) is 11.2. The first-order chi connectivity index (χ1) is 9.93. The van der Waals surface area contributed by atoms with Gasteiger partial charge in [0.1, 0.15) is 4.90 Å². The lowest BCUT2D eigenvalue weighted by Crippen LogP contribution is -2.11. The van der Waals surface area contributed by atoms with E-state index in [1.54, 1.807) is 36.4 Å². The van der Waals surface area contributed by atoms with Crippen molar-refractivity contribution >= 4 is 26.9 Å². The van der Waals surface area contributed by atoms with E-state index < -0.39 is 21.0 Å². The lowest BCUT2D eigenvalue weighted by atomic mass is 10.1. The zero-order valence-corrected chi connectivity index (χ0v) is 12.0. The van der Waals surface area contributed by atoms with Crippen molar-refractivity contribution in [1.82, 2.24) is 0 Å². The molecule has 0 spiro atoms. The van der Waals surface area contributed by atoms with Crippen molar-refractivity contribution in [3.05, 3.63) is 49.1 Å². The molecule has 0 heterocycles. The average molecular weight is 306 g/mol. The first-order valence-electron chi connectivity index (χ1n) is 6.24. The number of ether oxygens (including phenoxy) is 1. The number of hydrogen-bond donors (Lipinski definition) is 1. The van der Waals surface area contributed by atoms with E-state index in [-0.39, 0.29) is 12.2 Å². The summed E-state index contributed by atoms with van der Waals surface area (Å²) >= 11 is 0. The molecule has 0 aromatic heterocycles. The average Bonchev–Trinajstić information content (AvgIpc) is 2.43. The summed E-state index contributed by atoms with van der Waals surface area (Å²) in [5.74, 6) is -0.764. The number of carbonyl (C=O) groups excluding carboxylic acids is 1. The third kappa shape index (κ3) is 3.48. The summed E-state index contributed by atoms with van der Waals surface area (Å²) in [7, 11) is -4.52. The summed E-state index contributed by atoms with van der Waals surface area (Å²) in [6, 6.07) is 9.61. The fourth-order valence-electron chi connectivity index (χ4n) is 1.96. The second-order valence-corrected chi connectivity index (χ2v) is 5.75. The van der Waals surface area contributed by atoms with Gasteiger partial charge in [-0.05, 0) is 17.9 Å². The van der Waals surface area contributed by atoms with Crippen LogP contribution in [0.3, 0.4) is 0 Å². The molecule has 0 aliphatic carbocycles. The largest absolute Gasteiger partial charge is 0.425 e. The maximum Gasteiger partial charge on any atom is 0.311 e. The molecule has 0 amide bonds. The van der Waals surface area contributed by atoms with Crippen molar-refractivity contribution in [2.45, 2.75) is 17.7 Å². The molecule has 0 atom stereocenters. The number of allylic oxidation sites excluding steroid dienone is 1. The second-order valence-electron chi connectivity index (χ2n) is 4.39. The Hall–Kier alpha value is -2.18. The number of fused-ring (bicyclic) bond motifs is 1. The van der Waals surface area contributed by atoms with E-state index in [4.69, 9.17) is 4.74 Å². The monoisotopic (exact) mass is 306 g/mol. The minimum atomic E-state index is -4.52. The van der Waals surface area contributed by atoms with E-state index in [0.29, 0.717) is 17.2 Å². The number of esters is 1. The van der Waals surface area contributed by atoms with Gasteiger partial charge in [0, 0.05) is 11.8 Å². The molecule has 0 fully saturated rings. The quantitative estimate of drug-likeness (QED) is 0.397. The summed E-state index contributed by atoms with van der Waals surface area (Å²) < 4.78 is 37.7. The molecular weight excluding hydrogens is 292 g/mol. The molecule has 2 aromatic rings. The zero-order chi connectivity index (χ0) is 15.5. The van der Waals surface area contributed by atoms with E-state index in [1.165, 1.54) is 6.07 Å². The van der Waals surface area contributed by atoms with Crippen LogP contribution in [0.1, 0.15) is 12.8 Å². The summed E-state index contributed by atoms with van der Waals surface area (Å²) in [6.07, 6.45) is 2.07. The standard InChI is InChI=1S/C15H14O5S/c1-2-3-8-14(16)20-13-10-9-11-6-4-5-7-12(11)15(13)21(17,18)19/h2,4-7,9-10H,1,3,8H2,(H,17,18,19). The molecular formula is C15H14O5S. The van der Waals surface area contributed by atoms with Gasteiger partial charge >= 0.3 is 5.97 Å². The highest BCUT2D eigenvalue weighted by atomic mass is 32.2. The first kappa shape index (κ1) is 15.2. The lowest BCUT2D eigenvalue weighted by molar-refractivity contribution is -0.134. The minimum Gasteiger partial charge on any atom is -0.425 e. The van der Waals surface area contributed by atoms with Gasteiger partial charge in [0.05, 0.1) is 0 Å². The van der Waals surface area contributed by atoms with E-state index in [0.717, 1.165) is 0 Å². The minimum absolute atomic E-state index is 0.0846. The van der Waals surface area contributed by atoms with E-state index in [9.17, 15) is 17.8 Å². The van der Waals surface area contributed by atoms with E-state index in [1.807, 2.05) is 0 Å². The Morgan fingerprint density at radius 3 is 2.62 bits per heavy atom. The van der Waals surface area contributed by atoms with Crippen LogP contribution in [0.25, 0.3) is 10.8 Å². The molecule has 1 N–H and O–H groups in total. The van der Waals surface area contributed by atoms with Crippen LogP contribution in [-0.4, -0.2) is 18.9 Å². The van der Waals surface area contributed by atoms with Gasteiger partial charge in [-0.3, -0.25) is 9.35 Å². The third-order valence-electron chi connectivity index (χ3n) is 2.88. The molecule has 5 nitrogen and oxygen atoms in total. The molecule has 6 heteroatoms. The summed E-state index contributed by atoms with van der Waals surface area (Å²) in [5, 5.41) is 0.921. The number of benzene rings is 2. The zero-order valence-electron chi connectivity index (χ0n) is 11.2. The van der Waals surface area contributed by atoms with Crippen LogP contribution in [0.2, 0.25) is 0 Å². The first-order valence-corrected chi connectivity index (χ1v) is 7.68. The van der Waals surface area contributed by atoms with Crippen LogP contribution in [-0.2, 0) is 14.9 Å². The highest BCUT2D eigenvalue weighted by molar-refractivity contribution is 7.86. The summed E-state index contributed by atoms with van der Waals surface area (Å²) in [6.45, 7) is 3.49. The van der Waals surface area contributed by atoms with E-state index >= 15 is 0 Å². The maximum absolute atomic E-state index is 11.6. The third-order valence-corrected chi connectivity index (χ3v) is 3.81. The SMILES string of the molecule is C=CCCC(=O)Oc1ccc2ccccc2c1S(=O)(=O)O. The molecule has 2 rings (SSSR count). The lowest BCUT2D eigenvalue weighted by Gasteiger charge is -2.10. The van der Waals surface area contributed by atoms with E-state index in [2.05, 4.69) is 6.58 Å². The van der Waals surface area contributed by atoms with Gasteiger partial charge in [-0.2, -0.15) is 8.42 Å². The topological polar surface area (TPSA) is 80.7 Å². The van der Waals surface area contributed by atoms with Gasteiger partial charge < -0.3 is 4.74 Å². The van der Waals surface area contributed by atoms with Crippen molar-refractivity contribution in [3.63, 3.8) is 0 Å². The predicted octanol–water partition coefficient (Wildman–Crippen LogP) is 2.96. The van der Waals surface area contributed by atoms with Crippen LogP contribution < -0.4 is 4.74 Å². The Balaban J connectivity index is 2.53. The molecule has 0 saturated carbocycles. The molecule has 0 aliphatic heterocycles. The Bertz CT molecular complexity index is 793. The van der Waals surface area contributed by atoms with Crippen LogP contribution in [0.15, 0.2) is 53.9 Å². The normalized spacial score (nSPS) is 11.3.